The Morgan fingerprint density at radius 1 is 0.750 bits per heavy atom. The first-order valence-electron chi connectivity index (χ1n) is 11.1. The lowest BCUT2D eigenvalue weighted by Crippen LogP contribution is -2.49. The molecule has 1 aliphatic rings. The summed E-state index contributed by atoms with van der Waals surface area (Å²) in [6.07, 6.45) is 0. The Kier molecular flexibility index (Phi) is 4.17. The van der Waals surface area contributed by atoms with Crippen LogP contribution >= 0.6 is 11.3 Å². The van der Waals surface area contributed by atoms with Crippen molar-refractivity contribution in [2.45, 2.75) is 38.9 Å². The molecule has 1 heterocycles. The van der Waals surface area contributed by atoms with E-state index in [4.69, 9.17) is 4.65 Å². The summed E-state index contributed by atoms with van der Waals surface area (Å²) < 4.78 is 8.83. The van der Waals surface area contributed by atoms with Gasteiger partial charge in [-0.25, -0.2) is 0 Å². The zero-order chi connectivity index (χ0) is 22.3. The largest absolute Gasteiger partial charge is 0.427 e. The first kappa shape index (κ1) is 20.0. The Labute approximate surface area is 192 Å². The predicted octanol–water partition coefficient (Wildman–Crippen LogP) is 6.40. The zero-order valence-electron chi connectivity index (χ0n) is 18.8. The summed E-state index contributed by atoms with van der Waals surface area (Å²) in [4.78, 5) is 0. The zero-order valence-corrected chi connectivity index (χ0v) is 19.6. The number of fused-ring (bicyclic) bond motifs is 6. The molecular weight excluding hydrogens is 411 g/mol. The summed E-state index contributed by atoms with van der Waals surface area (Å²) in [5.41, 5.74) is 4.89. The van der Waals surface area contributed by atoms with E-state index in [0.29, 0.717) is 7.48 Å². The minimum absolute atomic E-state index is 0.465. The van der Waals surface area contributed by atoms with Crippen LogP contribution in [0.4, 0.5) is 0 Å². The fourth-order valence-electron chi connectivity index (χ4n) is 4.74. The standard InChI is InChI=1S/C28H25BO2S/c1-27(2,30)28(3,4)31-29-22-12-7-13-23-26(22)21-14-19-17-10-5-8-16-9-6-11-18(25(16)17)20(19)15-24(21)32-23/h5-15,29-30H,1-4H3. The monoisotopic (exact) mass is 436 g/mol. The molecule has 32 heavy (non-hydrogen) atoms. The minimum Gasteiger partial charge on any atom is -0.427 e. The van der Waals surface area contributed by atoms with Gasteiger partial charge in [0.1, 0.15) is 0 Å². The first-order valence-corrected chi connectivity index (χ1v) is 11.9. The van der Waals surface area contributed by atoms with Gasteiger partial charge >= 0.3 is 7.48 Å². The third kappa shape index (κ3) is 2.80. The highest BCUT2D eigenvalue weighted by molar-refractivity contribution is 7.26. The van der Waals surface area contributed by atoms with E-state index in [1.807, 2.05) is 25.2 Å². The number of thiophene rings is 1. The summed E-state index contributed by atoms with van der Waals surface area (Å²) in [6, 6.07) is 24.4. The molecule has 0 radical (unpaired) electrons. The van der Waals surface area contributed by atoms with Crippen molar-refractivity contribution < 1.29 is 9.76 Å². The van der Waals surface area contributed by atoms with Crippen LogP contribution in [0, 0.1) is 0 Å². The van der Waals surface area contributed by atoms with E-state index in [-0.39, 0.29) is 0 Å². The maximum atomic E-state index is 10.5. The molecule has 4 heteroatoms. The van der Waals surface area contributed by atoms with Crippen molar-refractivity contribution in [3.05, 3.63) is 66.7 Å². The van der Waals surface area contributed by atoms with Crippen LogP contribution < -0.4 is 5.46 Å². The molecule has 0 saturated heterocycles. The molecule has 0 unspecified atom stereocenters. The van der Waals surface area contributed by atoms with E-state index in [2.05, 4.69) is 66.7 Å². The van der Waals surface area contributed by atoms with Crippen molar-refractivity contribution in [3.63, 3.8) is 0 Å². The number of rotatable bonds is 4. The normalized spacial score (nSPS) is 13.3. The Morgan fingerprint density at radius 2 is 1.41 bits per heavy atom. The fourth-order valence-corrected chi connectivity index (χ4v) is 5.91. The molecule has 6 rings (SSSR count). The van der Waals surface area contributed by atoms with Crippen molar-refractivity contribution in [2.24, 2.45) is 0 Å². The molecule has 1 N–H and O–H groups in total. The number of hydrogen-bond donors (Lipinski definition) is 1. The predicted molar refractivity (Wildman–Crippen MR) is 140 cm³/mol. The summed E-state index contributed by atoms with van der Waals surface area (Å²) >= 11 is 1.84. The Bertz CT molecular complexity index is 1530. The minimum atomic E-state index is -0.928. The summed E-state index contributed by atoms with van der Waals surface area (Å²) in [7, 11) is 0.465. The maximum Gasteiger partial charge on any atom is 0.310 e. The van der Waals surface area contributed by atoms with Gasteiger partial charge in [0.2, 0.25) is 0 Å². The van der Waals surface area contributed by atoms with Crippen LogP contribution in [0.2, 0.25) is 0 Å². The van der Waals surface area contributed by atoms with Crippen molar-refractivity contribution in [2.75, 3.05) is 0 Å². The summed E-state index contributed by atoms with van der Waals surface area (Å²) in [5, 5.41) is 15.7. The SMILES string of the molecule is CC(C)(O)C(C)(C)OBc1cccc2sc3cc4c(cc3c12)-c1cccc2cccc-4c12. The van der Waals surface area contributed by atoms with Crippen LogP contribution in [-0.2, 0) is 4.65 Å². The van der Waals surface area contributed by atoms with Crippen LogP contribution in [0.25, 0.3) is 53.2 Å². The third-order valence-electron chi connectivity index (χ3n) is 7.27. The summed E-state index contributed by atoms with van der Waals surface area (Å²) in [5.74, 6) is 0. The smallest absolute Gasteiger partial charge is 0.310 e. The highest BCUT2D eigenvalue weighted by Gasteiger charge is 2.36. The van der Waals surface area contributed by atoms with Crippen LogP contribution in [-0.4, -0.2) is 23.8 Å². The quantitative estimate of drug-likeness (QED) is 0.324. The van der Waals surface area contributed by atoms with E-state index in [1.165, 1.54) is 58.7 Å². The van der Waals surface area contributed by atoms with E-state index >= 15 is 0 Å². The van der Waals surface area contributed by atoms with Gasteiger partial charge in [-0.05, 0) is 89.8 Å². The topological polar surface area (TPSA) is 29.5 Å². The van der Waals surface area contributed by atoms with Gasteiger partial charge in [-0.3, -0.25) is 0 Å². The van der Waals surface area contributed by atoms with Gasteiger partial charge in [0, 0.05) is 14.8 Å². The molecule has 4 aromatic carbocycles. The molecule has 1 aliphatic carbocycles. The number of aliphatic hydroxyl groups is 1. The van der Waals surface area contributed by atoms with Gasteiger partial charge in [-0.1, -0.05) is 48.5 Å². The van der Waals surface area contributed by atoms with Gasteiger partial charge in [0.25, 0.3) is 0 Å². The average molecular weight is 436 g/mol. The third-order valence-corrected chi connectivity index (χ3v) is 8.39. The fraction of sp³-hybridized carbons (Fsp3) is 0.214. The van der Waals surface area contributed by atoms with Crippen LogP contribution in [0.3, 0.4) is 0 Å². The molecule has 0 amide bonds. The lowest BCUT2D eigenvalue weighted by molar-refractivity contribution is -0.0893. The van der Waals surface area contributed by atoms with Crippen LogP contribution in [0.1, 0.15) is 27.7 Å². The van der Waals surface area contributed by atoms with Crippen molar-refractivity contribution in [1.82, 2.24) is 0 Å². The molecule has 1 aromatic heterocycles. The second kappa shape index (κ2) is 6.68. The molecule has 5 aromatic rings. The second-order valence-electron chi connectivity index (χ2n) is 9.85. The van der Waals surface area contributed by atoms with Gasteiger partial charge in [0.15, 0.2) is 0 Å². The lowest BCUT2D eigenvalue weighted by Gasteiger charge is -2.37. The van der Waals surface area contributed by atoms with E-state index in [1.54, 1.807) is 13.8 Å². The highest BCUT2D eigenvalue weighted by Crippen LogP contribution is 2.50. The molecule has 158 valence electrons. The highest BCUT2D eigenvalue weighted by atomic mass is 32.1. The lowest BCUT2D eigenvalue weighted by atomic mass is 9.80. The van der Waals surface area contributed by atoms with Gasteiger partial charge in [-0.15, -0.1) is 11.3 Å². The second-order valence-corrected chi connectivity index (χ2v) is 10.9. The van der Waals surface area contributed by atoms with Crippen molar-refractivity contribution in [3.8, 4) is 22.3 Å². The Morgan fingerprint density at radius 3 is 2.09 bits per heavy atom. The molecule has 0 bridgehead atoms. The first-order chi connectivity index (χ1) is 15.2. The van der Waals surface area contributed by atoms with Crippen LogP contribution in [0.5, 0.6) is 0 Å². The van der Waals surface area contributed by atoms with E-state index < -0.39 is 11.2 Å². The van der Waals surface area contributed by atoms with Crippen molar-refractivity contribution >= 4 is 55.2 Å². The molecular formula is C28H25BO2S. The van der Waals surface area contributed by atoms with E-state index in [0.717, 1.165) is 0 Å². The molecule has 0 saturated carbocycles. The molecule has 0 fully saturated rings. The molecule has 0 spiro atoms. The Balaban J connectivity index is 1.54. The van der Waals surface area contributed by atoms with Crippen LogP contribution in [0.15, 0.2) is 66.7 Å². The maximum absolute atomic E-state index is 10.5. The number of hydrogen-bond acceptors (Lipinski definition) is 3. The summed E-state index contributed by atoms with van der Waals surface area (Å²) in [6.45, 7) is 7.50. The Hall–Kier alpha value is -2.66. The van der Waals surface area contributed by atoms with Gasteiger partial charge < -0.3 is 9.76 Å². The molecule has 0 atom stereocenters. The van der Waals surface area contributed by atoms with Gasteiger partial charge in [0.05, 0.1) is 11.2 Å². The van der Waals surface area contributed by atoms with Crippen molar-refractivity contribution in [1.29, 1.82) is 0 Å². The van der Waals surface area contributed by atoms with E-state index in [9.17, 15) is 5.11 Å². The molecule has 0 aliphatic heterocycles. The average Bonchev–Trinajstić information content (AvgIpc) is 3.27. The van der Waals surface area contributed by atoms with Gasteiger partial charge in [-0.2, -0.15) is 0 Å². The number of benzene rings is 4. The molecule has 2 nitrogen and oxygen atoms in total.